The molecule has 11 N–H and O–H groups in total. The number of ether oxygens (including phenoxy) is 6. The molecule has 3 aromatic carbocycles. The third-order valence-electron chi connectivity index (χ3n) is 11.9. The van der Waals surface area contributed by atoms with Crippen molar-refractivity contribution in [1.29, 1.82) is 0 Å². The van der Waals surface area contributed by atoms with E-state index in [1.54, 1.807) is 0 Å². The number of rotatable bonds is 12. The number of fused-ring (bicyclic) bond motifs is 3. The molecule has 0 bridgehead atoms. The maximum Gasteiger partial charge on any atom is 0.431 e. The van der Waals surface area contributed by atoms with E-state index in [0.717, 1.165) is 0 Å². The number of phenols is 2. The number of aromatic hydroxyl groups is 2. The number of nitrogens with one attached hydrogen (secondary N) is 1. The molecule has 65 heavy (non-hydrogen) atoms. The van der Waals surface area contributed by atoms with Gasteiger partial charge in [-0.15, -0.1) is 0 Å². The molecule has 1 amide bonds. The van der Waals surface area contributed by atoms with Crippen molar-refractivity contribution in [3.63, 3.8) is 0 Å². The molecule has 2 aliphatic heterocycles. The number of hydrogen-bond donors (Lipinski definition) is 11. The van der Waals surface area contributed by atoms with Gasteiger partial charge >= 0.3 is 12.1 Å². The van der Waals surface area contributed by atoms with Crippen molar-refractivity contribution >= 4 is 35.1 Å². The first-order chi connectivity index (χ1) is 30.9. The zero-order valence-corrected chi connectivity index (χ0v) is 34.5. The summed E-state index contributed by atoms with van der Waals surface area (Å²) in [5.74, 6) is -5.54. The number of hydrazine groups is 1. The minimum atomic E-state index is -2.48. The average molecular weight is 915 g/mol. The highest BCUT2D eigenvalue weighted by Crippen LogP contribution is 2.52. The van der Waals surface area contributed by atoms with Crippen molar-refractivity contribution in [3.05, 3.63) is 81.4 Å². The number of methoxy groups -OCH3 is 1. The fourth-order valence-corrected chi connectivity index (χ4v) is 8.45. The number of esters is 1. The molecule has 4 aliphatic rings. The van der Waals surface area contributed by atoms with Crippen LogP contribution >= 0.6 is 0 Å². The van der Waals surface area contributed by atoms with Crippen molar-refractivity contribution in [2.45, 2.75) is 93.1 Å². The van der Waals surface area contributed by atoms with E-state index in [4.69, 9.17) is 28.8 Å². The molecule has 2 fully saturated rings. The topological polar surface area (TPSA) is 358 Å². The molecule has 3 aromatic rings. The summed E-state index contributed by atoms with van der Waals surface area (Å²) in [6.45, 7) is -1.55. The van der Waals surface area contributed by atoms with Crippen LogP contribution < -0.4 is 15.2 Å². The number of hydrogen-bond acceptors (Lipinski definition) is 22. The fourth-order valence-electron chi connectivity index (χ4n) is 8.45. The van der Waals surface area contributed by atoms with Crippen LogP contribution in [0.15, 0.2) is 42.5 Å². The van der Waals surface area contributed by atoms with Crippen LogP contribution in [0.2, 0.25) is 0 Å². The predicted octanol–water partition coefficient (Wildman–Crippen LogP) is -1.90. The molecule has 0 radical (unpaired) electrons. The molecule has 0 aromatic heterocycles. The van der Waals surface area contributed by atoms with Crippen molar-refractivity contribution < 1.29 is 103 Å². The van der Waals surface area contributed by atoms with Crippen molar-refractivity contribution in [2.24, 2.45) is 0 Å². The Labute approximate surface area is 367 Å². The van der Waals surface area contributed by atoms with Gasteiger partial charge in [-0.3, -0.25) is 14.4 Å². The van der Waals surface area contributed by atoms with Gasteiger partial charge < -0.3 is 79.5 Å². The van der Waals surface area contributed by atoms with Crippen molar-refractivity contribution in [1.82, 2.24) is 5.43 Å². The lowest BCUT2D eigenvalue weighted by atomic mass is 9.72. The van der Waals surface area contributed by atoms with Crippen LogP contribution in [0.4, 0.5) is 10.5 Å². The second-order valence-electron chi connectivity index (χ2n) is 15.8. The Balaban J connectivity index is 1.23. The third-order valence-corrected chi connectivity index (χ3v) is 11.9. The van der Waals surface area contributed by atoms with Gasteiger partial charge in [0.2, 0.25) is 12.1 Å². The molecule has 11 atom stereocenters. The summed E-state index contributed by atoms with van der Waals surface area (Å²) in [5, 5.41) is 107. The van der Waals surface area contributed by atoms with E-state index in [-0.39, 0.29) is 39.3 Å². The van der Waals surface area contributed by atoms with Crippen molar-refractivity contribution in [2.75, 3.05) is 32.1 Å². The van der Waals surface area contributed by atoms with E-state index in [2.05, 4.69) is 10.2 Å². The molecule has 7 rings (SSSR count). The highest BCUT2D eigenvalue weighted by molar-refractivity contribution is 6.31. The lowest BCUT2D eigenvalue weighted by Gasteiger charge is -2.44. The number of aliphatic hydroxyl groups excluding tert-OH is 7. The van der Waals surface area contributed by atoms with E-state index < -0.39 is 158 Å². The lowest BCUT2D eigenvalue weighted by molar-refractivity contribution is -0.284. The Morgan fingerprint density at radius 1 is 0.877 bits per heavy atom. The normalized spacial score (nSPS) is 29.5. The van der Waals surface area contributed by atoms with Crippen LogP contribution in [0.3, 0.4) is 0 Å². The minimum Gasteiger partial charge on any atom is -0.507 e. The maximum absolute atomic E-state index is 14.1. The molecule has 2 aliphatic carbocycles. The Morgan fingerprint density at radius 3 is 2.22 bits per heavy atom. The summed E-state index contributed by atoms with van der Waals surface area (Å²) in [6, 6.07) is 7.69. The number of aliphatic hydroxyl groups is 8. The third kappa shape index (κ3) is 8.53. The van der Waals surface area contributed by atoms with Gasteiger partial charge in [-0.05, 0) is 37.3 Å². The summed E-state index contributed by atoms with van der Waals surface area (Å²) in [7, 11) is 1.26. The Hall–Kier alpha value is -5.67. The maximum atomic E-state index is 14.1. The van der Waals surface area contributed by atoms with Gasteiger partial charge in [-0.25, -0.2) is 20.0 Å². The van der Waals surface area contributed by atoms with Gasteiger partial charge in [0.1, 0.15) is 53.9 Å². The Bertz CT molecular complexity index is 2360. The van der Waals surface area contributed by atoms with E-state index in [1.807, 2.05) is 0 Å². The predicted molar refractivity (Wildman–Crippen MR) is 212 cm³/mol. The number of ketones is 3. The van der Waals surface area contributed by atoms with Gasteiger partial charge in [-0.1, -0.05) is 12.1 Å². The van der Waals surface area contributed by atoms with E-state index >= 15 is 0 Å². The zero-order chi connectivity index (χ0) is 47.2. The van der Waals surface area contributed by atoms with E-state index in [1.165, 1.54) is 56.5 Å². The number of carbonyl (C=O) groups excluding carboxylic acids is 5. The number of amides is 1. The van der Waals surface area contributed by atoms with Crippen molar-refractivity contribution in [3.8, 4) is 17.2 Å². The Morgan fingerprint density at radius 2 is 1.57 bits per heavy atom. The summed E-state index contributed by atoms with van der Waals surface area (Å²) < 4.78 is 32.9. The summed E-state index contributed by atoms with van der Waals surface area (Å²) in [4.78, 5) is 67.3. The summed E-state index contributed by atoms with van der Waals surface area (Å²) in [6.07, 6.45) is -18.3. The van der Waals surface area contributed by atoms with Crippen LogP contribution in [-0.2, 0) is 34.9 Å². The van der Waals surface area contributed by atoms with E-state index in [9.17, 15) is 69.9 Å². The highest BCUT2D eigenvalue weighted by atomic mass is 16.7. The number of Topliss-reactive ketones (excluding diaryl/α,β-unsaturated/α-hetero) is 1. The standard InChI is InChI=1S/C42H46N2O21/c1-16-31(49)21(43-44(18-8-6-17(7-9-18)39(57)61-15-47)41(58)65-40-38(56)37(55)34(52)24(13-45)64-40)10-26(62-16)63-23-12-42(59,25(48)14-46)11-20-28(23)36(54)30-29(33(20)51)32(50)19-4-3-5-22(60-2)27(19)35(30)53/h3-9,16,21,23-24,26,31,34,37-38,40,43,45-47,49,51-52,54-56,59H,10-15H2,1-2H3/t16?,21?,23-,24+,26?,31?,34-,37-,38+,40-,42-/m0/s1. The quantitative estimate of drug-likeness (QED) is 0.0320. The molecule has 23 heteroatoms. The summed E-state index contributed by atoms with van der Waals surface area (Å²) >= 11 is 0. The van der Waals surface area contributed by atoms with Gasteiger partial charge in [0, 0.05) is 36.0 Å². The molecule has 4 unspecified atom stereocenters. The molecule has 23 nitrogen and oxygen atoms in total. The minimum absolute atomic E-state index is 0.00761. The highest BCUT2D eigenvalue weighted by Gasteiger charge is 2.51. The number of phenolic OH excluding ortho intramolecular Hbond substituents is 2. The Kier molecular flexibility index (Phi) is 13.6. The first-order valence-corrected chi connectivity index (χ1v) is 20.1. The largest absolute Gasteiger partial charge is 0.507 e. The number of nitrogens with zero attached hydrogens (tertiary/aromatic N) is 1. The molecule has 0 spiro atoms. The monoisotopic (exact) mass is 914 g/mol. The van der Waals surface area contributed by atoms with Gasteiger partial charge in [0.25, 0.3) is 0 Å². The smallest absolute Gasteiger partial charge is 0.431 e. The van der Waals surface area contributed by atoms with Crippen LogP contribution in [0.25, 0.3) is 0 Å². The van der Waals surface area contributed by atoms with Gasteiger partial charge in [0.05, 0.1) is 66.0 Å². The number of anilines is 1. The van der Waals surface area contributed by atoms with Crippen LogP contribution in [0.5, 0.6) is 17.2 Å². The van der Waals surface area contributed by atoms with Crippen LogP contribution in [-0.4, -0.2) is 168 Å². The molecule has 350 valence electrons. The number of benzene rings is 3. The fraction of sp³-hybridized carbons (Fsp3) is 0.452. The molecule has 2 heterocycles. The first-order valence-electron chi connectivity index (χ1n) is 20.1. The van der Waals surface area contributed by atoms with Gasteiger partial charge in [0.15, 0.2) is 24.6 Å². The molecular formula is C42H46N2O21. The van der Waals surface area contributed by atoms with Crippen LogP contribution in [0.1, 0.15) is 79.2 Å². The van der Waals surface area contributed by atoms with E-state index in [0.29, 0.717) is 5.01 Å². The zero-order valence-electron chi connectivity index (χ0n) is 34.5. The second kappa shape index (κ2) is 18.7. The molecule has 0 saturated carbocycles. The average Bonchev–Trinajstić information content (AvgIpc) is 3.29. The summed E-state index contributed by atoms with van der Waals surface area (Å²) in [5.41, 5.74) is -2.15. The SMILES string of the molecule is COc1cccc2c1C(=O)c1c(O)c3c(c(O)c1C2=O)C[C@@](O)(C(=O)CO)C[C@@H]3OC1CC(NN(C(=O)O[C@@H]2O[C@H](CO)[C@H](O)[C@H](O)[C@H]2O)c2ccc(C(=O)OCO)cc2)C(O)C(C)O1. The van der Waals surface area contributed by atoms with Crippen LogP contribution in [0, 0.1) is 0 Å². The lowest BCUT2D eigenvalue weighted by Crippen LogP contribution is -2.62. The molecule has 2 saturated heterocycles. The first kappa shape index (κ1) is 47.3. The van der Waals surface area contributed by atoms with Gasteiger partial charge in [-0.2, -0.15) is 0 Å². The molecular weight excluding hydrogens is 868 g/mol. The second-order valence-corrected chi connectivity index (χ2v) is 15.8. The number of carbonyl (C=O) groups is 5.